The molecule has 3 aromatic rings. The molecule has 0 saturated heterocycles. The Bertz CT molecular complexity index is 844. The molecule has 4 nitrogen and oxygen atoms in total. The summed E-state index contributed by atoms with van der Waals surface area (Å²) in [6.45, 7) is 1.89. The van der Waals surface area contributed by atoms with Crippen LogP contribution in [0.3, 0.4) is 0 Å². The van der Waals surface area contributed by atoms with E-state index in [-0.39, 0.29) is 5.91 Å². The van der Waals surface area contributed by atoms with Crippen LogP contribution in [0, 0.1) is 6.92 Å². The van der Waals surface area contributed by atoms with Gasteiger partial charge in [0.2, 0.25) is 0 Å². The Morgan fingerprint density at radius 1 is 1.29 bits per heavy atom. The Labute approximate surface area is 134 Å². The molecule has 21 heavy (non-hydrogen) atoms. The lowest BCUT2D eigenvalue weighted by atomic mass is 10.2. The van der Waals surface area contributed by atoms with Gasteiger partial charge in [-0.05, 0) is 43.3 Å². The molecule has 1 aromatic heterocycles. The molecule has 1 amide bonds. The van der Waals surface area contributed by atoms with Gasteiger partial charge in [0.25, 0.3) is 5.91 Å². The van der Waals surface area contributed by atoms with E-state index in [0.29, 0.717) is 16.3 Å². The first-order valence-electron chi connectivity index (χ1n) is 6.26. The molecule has 0 unspecified atom stereocenters. The summed E-state index contributed by atoms with van der Waals surface area (Å²) in [6.07, 6.45) is 0. The number of nitrogens with one attached hydrogen (secondary N) is 2. The first-order chi connectivity index (χ1) is 10.0. The maximum atomic E-state index is 12.3. The predicted octanol–water partition coefficient (Wildman–Crippen LogP) is 4.54. The van der Waals surface area contributed by atoms with Gasteiger partial charge in [-0.25, -0.2) is 4.98 Å². The molecule has 2 N–H and O–H groups in total. The minimum atomic E-state index is -0.253. The average molecular weight is 365 g/mol. The van der Waals surface area contributed by atoms with Crippen LogP contribution >= 0.6 is 27.5 Å². The van der Waals surface area contributed by atoms with E-state index in [1.54, 1.807) is 18.2 Å². The van der Waals surface area contributed by atoms with Crippen molar-refractivity contribution < 1.29 is 4.79 Å². The molecular weight excluding hydrogens is 354 g/mol. The van der Waals surface area contributed by atoms with Crippen molar-refractivity contribution in [3.05, 3.63) is 57.3 Å². The van der Waals surface area contributed by atoms with E-state index in [2.05, 4.69) is 31.2 Å². The predicted molar refractivity (Wildman–Crippen MR) is 87.9 cm³/mol. The summed E-state index contributed by atoms with van der Waals surface area (Å²) in [5.41, 5.74) is 2.86. The first kappa shape index (κ1) is 14.1. The van der Waals surface area contributed by atoms with Gasteiger partial charge in [-0.1, -0.05) is 27.5 Å². The third-order valence-corrected chi connectivity index (χ3v) is 3.85. The van der Waals surface area contributed by atoms with E-state index in [1.165, 1.54) is 0 Å². The van der Waals surface area contributed by atoms with Crippen molar-refractivity contribution in [1.82, 2.24) is 9.97 Å². The summed E-state index contributed by atoms with van der Waals surface area (Å²) < 4.78 is 0.802. The number of hydrogen-bond acceptors (Lipinski definition) is 2. The fourth-order valence-corrected chi connectivity index (χ4v) is 2.65. The summed E-state index contributed by atoms with van der Waals surface area (Å²) in [5.74, 6) is 0.584. The summed E-state index contributed by atoms with van der Waals surface area (Å²) in [7, 11) is 0. The number of anilines is 1. The highest BCUT2D eigenvalue weighted by Gasteiger charge is 2.11. The Kier molecular flexibility index (Phi) is 3.69. The van der Waals surface area contributed by atoms with Crippen molar-refractivity contribution in [1.29, 1.82) is 0 Å². The SMILES string of the molecule is Cc1nc2ccc(NC(=O)c3cc(Br)ccc3Cl)cc2[nH]1. The van der Waals surface area contributed by atoms with Crippen LogP contribution in [0.2, 0.25) is 5.02 Å². The van der Waals surface area contributed by atoms with Crippen LogP contribution in [-0.2, 0) is 0 Å². The lowest BCUT2D eigenvalue weighted by molar-refractivity contribution is 0.102. The third-order valence-electron chi connectivity index (χ3n) is 3.03. The molecule has 0 spiro atoms. The van der Waals surface area contributed by atoms with Crippen molar-refractivity contribution in [3.8, 4) is 0 Å². The molecule has 0 aliphatic carbocycles. The zero-order valence-electron chi connectivity index (χ0n) is 11.1. The fourth-order valence-electron chi connectivity index (χ4n) is 2.08. The number of imidazole rings is 1. The third kappa shape index (κ3) is 2.94. The standard InChI is InChI=1S/C15H11BrClN3O/c1-8-18-13-5-3-10(7-14(13)19-8)20-15(21)11-6-9(16)2-4-12(11)17/h2-7H,1H3,(H,18,19)(H,20,21). The zero-order chi connectivity index (χ0) is 15.0. The van der Waals surface area contributed by atoms with E-state index >= 15 is 0 Å². The quantitative estimate of drug-likeness (QED) is 0.701. The second-order valence-electron chi connectivity index (χ2n) is 4.63. The van der Waals surface area contributed by atoms with Gasteiger partial charge in [-0.15, -0.1) is 0 Å². The van der Waals surface area contributed by atoms with Gasteiger partial charge >= 0.3 is 0 Å². The number of benzene rings is 2. The molecule has 0 radical (unpaired) electrons. The van der Waals surface area contributed by atoms with Crippen LogP contribution < -0.4 is 5.32 Å². The highest BCUT2D eigenvalue weighted by molar-refractivity contribution is 9.10. The van der Waals surface area contributed by atoms with Crippen LogP contribution in [0.5, 0.6) is 0 Å². The highest BCUT2D eigenvalue weighted by atomic mass is 79.9. The second-order valence-corrected chi connectivity index (χ2v) is 5.96. The van der Waals surface area contributed by atoms with E-state index in [0.717, 1.165) is 21.3 Å². The van der Waals surface area contributed by atoms with Gasteiger partial charge < -0.3 is 10.3 Å². The van der Waals surface area contributed by atoms with Crippen molar-refractivity contribution in [2.75, 3.05) is 5.32 Å². The van der Waals surface area contributed by atoms with Crippen molar-refractivity contribution in [2.45, 2.75) is 6.92 Å². The molecule has 6 heteroatoms. The van der Waals surface area contributed by atoms with Gasteiger partial charge in [0.15, 0.2) is 0 Å². The van der Waals surface area contributed by atoms with Crippen molar-refractivity contribution in [2.24, 2.45) is 0 Å². The van der Waals surface area contributed by atoms with Crippen LogP contribution in [0.1, 0.15) is 16.2 Å². The van der Waals surface area contributed by atoms with Gasteiger partial charge in [-0.3, -0.25) is 4.79 Å². The number of nitrogens with zero attached hydrogens (tertiary/aromatic N) is 1. The Morgan fingerprint density at radius 3 is 2.90 bits per heavy atom. The van der Waals surface area contributed by atoms with Crippen LogP contribution in [0.25, 0.3) is 11.0 Å². The highest BCUT2D eigenvalue weighted by Crippen LogP contribution is 2.23. The lowest BCUT2D eigenvalue weighted by Crippen LogP contribution is -2.12. The number of carbonyl (C=O) groups is 1. The van der Waals surface area contributed by atoms with Gasteiger partial charge in [0.1, 0.15) is 5.82 Å². The van der Waals surface area contributed by atoms with E-state index in [9.17, 15) is 4.79 Å². The number of H-pyrrole nitrogens is 1. The topological polar surface area (TPSA) is 57.8 Å². The molecule has 0 aliphatic rings. The number of carbonyl (C=O) groups excluding carboxylic acids is 1. The summed E-state index contributed by atoms with van der Waals surface area (Å²) >= 11 is 9.39. The molecule has 3 rings (SSSR count). The number of fused-ring (bicyclic) bond motifs is 1. The van der Waals surface area contributed by atoms with Crippen LogP contribution in [-0.4, -0.2) is 15.9 Å². The maximum Gasteiger partial charge on any atom is 0.257 e. The molecule has 0 bridgehead atoms. The summed E-state index contributed by atoms with van der Waals surface area (Å²) in [5, 5.41) is 3.25. The number of aryl methyl sites for hydroxylation is 1. The monoisotopic (exact) mass is 363 g/mol. The lowest BCUT2D eigenvalue weighted by Gasteiger charge is -2.07. The van der Waals surface area contributed by atoms with Gasteiger partial charge in [0.05, 0.1) is 21.6 Å². The zero-order valence-corrected chi connectivity index (χ0v) is 13.4. The summed E-state index contributed by atoms with van der Waals surface area (Å²) in [4.78, 5) is 19.7. The van der Waals surface area contributed by atoms with E-state index < -0.39 is 0 Å². The molecular formula is C15H11BrClN3O. The minimum absolute atomic E-state index is 0.253. The molecule has 0 atom stereocenters. The average Bonchev–Trinajstić information content (AvgIpc) is 2.80. The molecule has 0 fully saturated rings. The molecule has 106 valence electrons. The first-order valence-corrected chi connectivity index (χ1v) is 7.43. The van der Waals surface area contributed by atoms with Crippen LogP contribution in [0.4, 0.5) is 5.69 Å². The molecule has 2 aromatic carbocycles. The number of amides is 1. The van der Waals surface area contributed by atoms with Crippen LogP contribution in [0.15, 0.2) is 40.9 Å². The molecule has 0 aliphatic heterocycles. The summed E-state index contributed by atoms with van der Waals surface area (Å²) in [6, 6.07) is 10.7. The number of halogens is 2. The van der Waals surface area contributed by atoms with Gasteiger partial charge in [-0.2, -0.15) is 0 Å². The molecule has 1 heterocycles. The van der Waals surface area contributed by atoms with E-state index in [1.807, 2.05) is 25.1 Å². The van der Waals surface area contributed by atoms with E-state index in [4.69, 9.17) is 11.6 Å². The Balaban J connectivity index is 1.90. The number of hydrogen-bond donors (Lipinski definition) is 2. The number of aromatic nitrogens is 2. The van der Waals surface area contributed by atoms with Gasteiger partial charge in [0, 0.05) is 10.2 Å². The second kappa shape index (κ2) is 5.50. The van der Waals surface area contributed by atoms with Crippen molar-refractivity contribution >= 4 is 50.2 Å². The minimum Gasteiger partial charge on any atom is -0.342 e. The normalized spacial score (nSPS) is 10.8. The number of rotatable bonds is 2. The van der Waals surface area contributed by atoms with Crippen molar-refractivity contribution in [3.63, 3.8) is 0 Å². The number of aromatic amines is 1. The largest absolute Gasteiger partial charge is 0.342 e. The Morgan fingerprint density at radius 2 is 2.10 bits per heavy atom. The smallest absolute Gasteiger partial charge is 0.257 e. The molecule has 0 saturated carbocycles. The fraction of sp³-hybridized carbons (Fsp3) is 0.0667. The maximum absolute atomic E-state index is 12.3. The Hall–Kier alpha value is -1.85.